The van der Waals surface area contributed by atoms with Crippen molar-refractivity contribution in [3.8, 4) is 10.6 Å². The number of ether oxygens (including phenoxy) is 1. The second-order valence-corrected chi connectivity index (χ2v) is 8.36. The lowest BCUT2D eigenvalue weighted by Crippen LogP contribution is -2.59. The molecule has 0 aliphatic carbocycles. The lowest BCUT2D eigenvalue weighted by atomic mass is 9.86. The number of rotatable bonds is 5. The predicted octanol–water partition coefficient (Wildman–Crippen LogP) is 2.97. The highest BCUT2D eigenvalue weighted by atomic mass is 32.1. The molecule has 0 bridgehead atoms. The lowest BCUT2D eigenvalue weighted by molar-refractivity contribution is -0.0349. The summed E-state index contributed by atoms with van der Waals surface area (Å²) in [6.07, 6.45) is 10.9. The van der Waals surface area contributed by atoms with Crippen LogP contribution in [0.5, 0.6) is 0 Å². The van der Waals surface area contributed by atoms with E-state index < -0.39 is 0 Å². The summed E-state index contributed by atoms with van der Waals surface area (Å²) in [6, 6.07) is 3.82. The number of piperidine rings is 1. The molecule has 2 fully saturated rings. The Hall–Kier alpha value is -1.83. The first-order chi connectivity index (χ1) is 13.3. The Morgan fingerprint density at radius 2 is 1.93 bits per heavy atom. The molecule has 2 aliphatic heterocycles. The summed E-state index contributed by atoms with van der Waals surface area (Å²) in [5, 5.41) is 4.04. The molecular formula is C20H26N4O2S. The summed E-state index contributed by atoms with van der Waals surface area (Å²) in [5.74, 6) is -0.0318. The van der Waals surface area contributed by atoms with Gasteiger partial charge in [0.25, 0.3) is 5.91 Å². The van der Waals surface area contributed by atoms with Crippen molar-refractivity contribution < 1.29 is 9.53 Å². The highest BCUT2D eigenvalue weighted by Crippen LogP contribution is 2.31. The third-order valence-electron chi connectivity index (χ3n) is 5.69. The number of aromatic nitrogens is 2. The Kier molecular flexibility index (Phi) is 5.80. The topological polar surface area (TPSA) is 67.4 Å². The van der Waals surface area contributed by atoms with E-state index in [1.165, 1.54) is 30.6 Å². The molecule has 6 nitrogen and oxygen atoms in total. The average molecular weight is 387 g/mol. The number of carbonyl (C=O) groups is 1. The van der Waals surface area contributed by atoms with Gasteiger partial charge in [-0.2, -0.15) is 0 Å². The van der Waals surface area contributed by atoms with Gasteiger partial charge in [-0.25, -0.2) is 4.98 Å². The SMILES string of the molecule is O=C(NCC1(N2CCCCC2)CCOCC1)c1cnc(-c2ccncc2)s1. The summed E-state index contributed by atoms with van der Waals surface area (Å²) in [5.41, 5.74) is 1.02. The first-order valence-corrected chi connectivity index (χ1v) is 10.6. The Bertz CT molecular complexity index is 752. The maximum absolute atomic E-state index is 12.8. The van der Waals surface area contributed by atoms with Gasteiger partial charge >= 0.3 is 0 Å². The highest BCUT2D eigenvalue weighted by molar-refractivity contribution is 7.16. The second-order valence-electron chi connectivity index (χ2n) is 7.33. The van der Waals surface area contributed by atoms with E-state index in [1.807, 2.05) is 12.1 Å². The standard InChI is InChI=1S/C20H26N4O2S/c25-18(17-14-22-19(27-17)16-4-8-21-9-5-16)23-15-20(6-12-26-13-7-20)24-10-2-1-3-11-24/h4-5,8-9,14H,1-3,6-7,10-13,15H2,(H,23,25). The monoisotopic (exact) mass is 386 g/mol. The molecule has 0 atom stereocenters. The largest absolute Gasteiger partial charge is 0.381 e. The number of nitrogens with one attached hydrogen (secondary N) is 1. The minimum absolute atomic E-state index is 0.0318. The molecule has 1 N–H and O–H groups in total. The van der Waals surface area contributed by atoms with Gasteiger partial charge < -0.3 is 10.1 Å². The van der Waals surface area contributed by atoms with Gasteiger partial charge in [0.05, 0.1) is 6.20 Å². The number of hydrogen-bond donors (Lipinski definition) is 1. The maximum Gasteiger partial charge on any atom is 0.263 e. The summed E-state index contributed by atoms with van der Waals surface area (Å²) in [4.78, 5) is 24.4. The first-order valence-electron chi connectivity index (χ1n) is 9.74. The molecule has 1 amide bonds. The second kappa shape index (κ2) is 8.46. The number of carbonyl (C=O) groups excluding carboxylic acids is 1. The molecule has 0 saturated carbocycles. The minimum Gasteiger partial charge on any atom is -0.381 e. The molecule has 27 heavy (non-hydrogen) atoms. The molecule has 2 aromatic rings. The Morgan fingerprint density at radius 3 is 2.67 bits per heavy atom. The number of thiazole rings is 1. The van der Waals surface area contributed by atoms with Gasteiger partial charge in [-0.1, -0.05) is 6.42 Å². The third-order valence-corrected chi connectivity index (χ3v) is 6.73. The van der Waals surface area contributed by atoms with Gasteiger partial charge in [0.1, 0.15) is 9.88 Å². The van der Waals surface area contributed by atoms with Crippen molar-refractivity contribution in [2.75, 3.05) is 32.8 Å². The molecular weight excluding hydrogens is 360 g/mol. The Labute approximate surface area is 164 Å². The minimum atomic E-state index is -0.0318. The lowest BCUT2D eigenvalue weighted by Gasteiger charge is -2.48. The molecule has 0 unspecified atom stereocenters. The first kappa shape index (κ1) is 18.5. The van der Waals surface area contributed by atoms with Crippen LogP contribution in [-0.2, 0) is 4.74 Å². The van der Waals surface area contributed by atoms with Gasteiger partial charge in [-0.3, -0.25) is 14.7 Å². The predicted molar refractivity (Wildman–Crippen MR) is 106 cm³/mol. The highest BCUT2D eigenvalue weighted by Gasteiger charge is 2.39. The fourth-order valence-electron chi connectivity index (χ4n) is 4.06. The molecule has 144 valence electrons. The average Bonchev–Trinajstić information content (AvgIpc) is 3.24. The molecule has 2 aliphatic rings. The van der Waals surface area contributed by atoms with Crippen LogP contribution in [0.2, 0.25) is 0 Å². The van der Waals surface area contributed by atoms with Crippen LogP contribution in [0.3, 0.4) is 0 Å². The van der Waals surface area contributed by atoms with Crippen molar-refractivity contribution in [3.05, 3.63) is 35.6 Å². The summed E-state index contributed by atoms with van der Waals surface area (Å²) >= 11 is 1.43. The van der Waals surface area contributed by atoms with Crippen molar-refractivity contribution in [2.24, 2.45) is 0 Å². The van der Waals surface area contributed by atoms with Crippen molar-refractivity contribution in [3.63, 3.8) is 0 Å². The van der Waals surface area contributed by atoms with E-state index in [4.69, 9.17) is 4.74 Å². The molecule has 7 heteroatoms. The molecule has 4 rings (SSSR count). The third kappa shape index (κ3) is 4.20. The van der Waals surface area contributed by atoms with Gasteiger partial charge in [-0.05, 0) is 50.9 Å². The number of likely N-dealkylation sites (tertiary alicyclic amines) is 1. The smallest absolute Gasteiger partial charge is 0.263 e. The zero-order valence-electron chi connectivity index (χ0n) is 15.5. The number of amides is 1. The van der Waals surface area contributed by atoms with Gasteiger partial charge in [0, 0.05) is 43.3 Å². The molecule has 0 radical (unpaired) electrons. The van der Waals surface area contributed by atoms with Crippen molar-refractivity contribution in [2.45, 2.75) is 37.6 Å². The van der Waals surface area contributed by atoms with E-state index >= 15 is 0 Å². The fourth-order valence-corrected chi connectivity index (χ4v) is 4.90. The van der Waals surface area contributed by atoms with Gasteiger partial charge in [-0.15, -0.1) is 11.3 Å². The van der Waals surface area contributed by atoms with Crippen LogP contribution in [0.1, 0.15) is 41.8 Å². The molecule has 2 saturated heterocycles. The van der Waals surface area contributed by atoms with E-state index in [1.54, 1.807) is 18.6 Å². The summed E-state index contributed by atoms with van der Waals surface area (Å²) in [7, 11) is 0. The molecule has 0 aromatic carbocycles. The van der Waals surface area contributed by atoms with Crippen LogP contribution in [0.4, 0.5) is 0 Å². The summed E-state index contributed by atoms with van der Waals surface area (Å²) in [6.45, 7) is 4.49. The van der Waals surface area contributed by atoms with Crippen molar-refractivity contribution in [1.82, 2.24) is 20.2 Å². The number of hydrogen-bond acceptors (Lipinski definition) is 6. The van der Waals surface area contributed by atoms with Crippen LogP contribution < -0.4 is 5.32 Å². The van der Waals surface area contributed by atoms with Crippen molar-refractivity contribution >= 4 is 17.2 Å². The van der Waals surface area contributed by atoms with E-state index in [-0.39, 0.29) is 11.4 Å². The quantitative estimate of drug-likeness (QED) is 0.856. The van der Waals surface area contributed by atoms with Crippen LogP contribution in [-0.4, -0.2) is 59.2 Å². The van der Waals surface area contributed by atoms with Crippen LogP contribution in [0.25, 0.3) is 10.6 Å². The zero-order chi connectivity index (χ0) is 18.5. The Balaban J connectivity index is 1.43. The molecule has 0 spiro atoms. The normalized spacial score (nSPS) is 20.3. The van der Waals surface area contributed by atoms with Crippen LogP contribution in [0.15, 0.2) is 30.7 Å². The fraction of sp³-hybridized carbons (Fsp3) is 0.550. The van der Waals surface area contributed by atoms with Gasteiger partial charge in [0.15, 0.2) is 0 Å². The molecule has 2 aromatic heterocycles. The zero-order valence-corrected chi connectivity index (χ0v) is 16.3. The van der Waals surface area contributed by atoms with E-state index in [9.17, 15) is 4.79 Å². The van der Waals surface area contributed by atoms with Crippen molar-refractivity contribution in [1.29, 1.82) is 0 Å². The number of pyridine rings is 1. The van der Waals surface area contributed by atoms with Gasteiger partial charge in [0.2, 0.25) is 0 Å². The van der Waals surface area contributed by atoms with Crippen LogP contribution >= 0.6 is 11.3 Å². The van der Waals surface area contributed by atoms with E-state index in [2.05, 4.69) is 20.2 Å². The number of nitrogens with zero attached hydrogens (tertiary/aromatic N) is 3. The van der Waals surface area contributed by atoms with Crippen LogP contribution in [0, 0.1) is 0 Å². The Morgan fingerprint density at radius 1 is 1.19 bits per heavy atom. The van der Waals surface area contributed by atoms with E-state index in [0.29, 0.717) is 11.4 Å². The summed E-state index contributed by atoms with van der Waals surface area (Å²) < 4.78 is 5.61. The maximum atomic E-state index is 12.8. The van der Waals surface area contributed by atoms with E-state index in [0.717, 1.165) is 49.7 Å². The molecule has 4 heterocycles.